The van der Waals surface area contributed by atoms with E-state index in [1.54, 1.807) is 24.3 Å². The van der Waals surface area contributed by atoms with Gasteiger partial charge in [-0.1, -0.05) is 12.1 Å². The fraction of sp³-hybridized carbons (Fsp3) is 0.316. The van der Waals surface area contributed by atoms with E-state index < -0.39 is 30.2 Å². The molecule has 1 heterocycles. The summed E-state index contributed by atoms with van der Waals surface area (Å²) in [6.45, 7) is 0.169. The largest absolute Gasteiger partial charge is 0.491 e. The average Bonchev–Trinajstić information content (AvgIpc) is 3.17. The Kier molecular flexibility index (Phi) is 7.53. The minimum absolute atomic E-state index is 0.0590. The molecule has 1 aliphatic rings. The van der Waals surface area contributed by atoms with Crippen molar-refractivity contribution in [3.05, 3.63) is 59.7 Å². The van der Waals surface area contributed by atoms with Gasteiger partial charge in [-0.15, -0.1) is 0 Å². The zero-order valence-electron chi connectivity index (χ0n) is 15.3. The number of benzene rings is 2. The maximum Gasteiger partial charge on any atom is 0.428 e. The second kappa shape index (κ2) is 9.69. The molecule has 0 spiro atoms. The first-order chi connectivity index (χ1) is 14.0. The Labute approximate surface area is 168 Å². The van der Waals surface area contributed by atoms with Gasteiger partial charge in [-0.3, -0.25) is 5.32 Å². The summed E-state index contributed by atoms with van der Waals surface area (Å²) in [5, 5.41) is 10.6. The molecule has 0 unspecified atom stereocenters. The van der Waals surface area contributed by atoms with Crippen LogP contribution in [-0.4, -0.2) is 31.7 Å². The predicted octanol–water partition coefficient (Wildman–Crippen LogP) is 4.10. The van der Waals surface area contributed by atoms with Gasteiger partial charge in [0, 0.05) is 12.2 Å². The number of alkyl halides is 6. The molecule has 3 N–H and O–H groups in total. The van der Waals surface area contributed by atoms with Crippen molar-refractivity contribution in [3.8, 4) is 11.8 Å². The minimum Gasteiger partial charge on any atom is -0.491 e. The fourth-order valence-electron chi connectivity index (χ4n) is 2.40. The number of nitrogen functional groups attached to an aromatic ring is 1. The Morgan fingerprint density at radius 1 is 1.07 bits per heavy atom. The normalized spacial score (nSPS) is 18.8. The molecule has 0 aromatic heterocycles. The van der Waals surface area contributed by atoms with Crippen molar-refractivity contribution >= 4 is 5.69 Å². The van der Waals surface area contributed by atoms with Gasteiger partial charge < -0.3 is 15.2 Å². The zero-order valence-corrected chi connectivity index (χ0v) is 15.3. The highest BCUT2D eigenvalue weighted by molar-refractivity contribution is 5.41. The molecule has 1 aliphatic heterocycles. The lowest BCUT2D eigenvalue weighted by molar-refractivity contribution is -0.221. The topological polar surface area (TPSA) is 80.3 Å². The molecular weight excluding hydrogens is 416 g/mol. The van der Waals surface area contributed by atoms with Crippen LogP contribution in [0, 0.1) is 11.3 Å². The predicted molar refractivity (Wildman–Crippen MR) is 95.2 cm³/mol. The molecule has 2 aromatic rings. The van der Waals surface area contributed by atoms with Crippen LogP contribution in [0.1, 0.15) is 11.1 Å². The highest BCUT2D eigenvalue weighted by Gasteiger charge is 2.45. The van der Waals surface area contributed by atoms with E-state index in [2.05, 4.69) is 5.32 Å². The number of hydrogen-bond donors (Lipinski definition) is 2. The van der Waals surface area contributed by atoms with E-state index in [0.717, 1.165) is 12.1 Å². The summed E-state index contributed by atoms with van der Waals surface area (Å²) in [4.78, 5) is 0. The molecule has 1 saturated heterocycles. The van der Waals surface area contributed by atoms with Gasteiger partial charge in [0.15, 0.2) is 0 Å². The van der Waals surface area contributed by atoms with Crippen LogP contribution >= 0.6 is 0 Å². The Hall–Kier alpha value is -2.97. The van der Waals surface area contributed by atoms with Gasteiger partial charge in [0.2, 0.25) is 6.23 Å². The van der Waals surface area contributed by atoms with E-state index >= 15 is 0 Å². The van der Waals surface area contributed by atoms with Gasteiger partial charge in [0.25, 0.3) is 0 Å². The fourth-order valence-corrected chi connectivity index (χ4v) is 2.40. The zero-order chi connectivity index (χ0) is 22.4. The van der Waals surface area contributed by atoms with Crippen LogP contribution in [0.3, 0.4) is 0 Å². The third-order valence-corrected chi connectivity index (χ3v) is 3.83. The van der Waals surface area contributed by atoms with Gasteiger partial charge >= 0.3 is 12.4 Å². The number of ether oxygens (including phenoxy) is 2. The van der Waals surface area contributed by atoms with Crippen molar-refractivity contribution in [1.29, 1.82) is 5.26 Å². The van der Waals surface area contributed by atoms with Crippen molar-refractivity contribution in [2.45, 2.75) is 24.7 Å². The van der Waals surface area contributed by atoms with Crippen molar-refractivity contribution in [2.24, 2.45) is 0 Å². The lowest BCUT2D eigenvalue weighted by Gasteiger charge is -2.15. The SMILES string of the molecule is N#Cc1ccccc1C(F)(F)F.Nc1ccc(OC[C@@H]2CN[C@@H](C(F)(F)F)O2)cc1. The Balaban J connectivity index is 0.000000232. The van der Waals surface area contributed by atoms with E-state index in [-0.39, 0.29) is 18.7 Å². The molecule has 5 nitrogen and oxygen atoms in total. The van der Waals surface area contributed by atoms with Crippen LogP contribution in [0.5, 0.6) is 5.75 Å². The van der Waals surface area contributed by atoms with E-state index in [1.165, 1.54) is 18.2 Å². The summed E-state index contributed by atoms with van der Waals surface area (Å²) < 4.78 is 83.3. The van der Waals surface area contributed by atoms with Gasteiger partial charge in [0.05, 0.1) is 17.2 Å². The number of halogens is 6. The number of nitrogens with zero attached hydrogens (tertiary/aromatic N) is 1. The average molecular weight is 433 g/mol. The molecule has 0 saturated carbocycles. The van der Waals surface area contributed by atoms with E-state index in [1.807, 2.05) is 0 Å². The summed E-state index contributed by atoms with van der Waals surface area (Å²) in [6.07, 6.45) is -11.4. The third-order valence-electron chi connectivity index (χ3n) is 3.83. The van der Waals surface area contributed by atoms with Crippen LogP contribution in [0.15, 0.2) is 48.5 Å². The molecule has 162 valence electrons. The second-order valence-electron chi connectivity index (χ2n) is 6.12. The molecule has 0 radical (unpaired) electrons. The van der Waals surface area contributed by atoms with Crippen molar-refractivity contribution in [1.82, 2.24) is 5.32 Å². The van der Waals surface area contributed by atoms with E-state index in [0.29, 0.717) is 11.4 Å². The summed E-state index contributed by atoms with van der Waals surface area (Å²) >= 11 is 0. The maximum atomic E-state index is 12.3. The molecule has 0 aliphatic carbocycles. The standard InChI is InChI=1S/C11H13F3N2O2.C8H4F3N/c12-11(13,14)10-16-5-9(18-10)6-17-8-3-1-7(15)2-4-8;9-8(10,11)7-4-2-1-3-6(7)5-12/h1-4,9-10,16H,5-6,15H2;1-4H/t9-,10+;/m0./s1. The van der Waals surface area contributed by atoms with Crippen LogP contribution in [-0.2, 0) is 10.9 Å². The van der Waals surface area contributed by atoms with Gasteiger partial charge in [0.1, 0.15) is 18.5 Å². The lowest BCUT2D eigenvalue weighted by Crippen LogP contribution is -2.38. The first-order valence-corrected chi connectivity index (χ1v) is 8.51. The monoisotopic (exact) mass is 433 g/mol. The van der Waals surface area contributed by atoms with Gasteiger partial charge in [-0.05, 0) is 36.4 Å². The van der Waals surface area contributed by atoms with Gasteiger partial charge in [-0.2, -0.15) is 31.6 Å². The third kappa shape index (κ3) is 6.82. The Morgan fingerprint density at radius 2 is 1.70 bits per heavy atom. The molecule has 0 bridgehead atoms. The highest BCUT2D eigenvalue weighted by atomic mass is 19.4. The number of anilines is 1. The van der Waals surface area contributed by atoms with Crippen molar-refractivity contribution < 1.29 is 35.8 Å². The first kappa shape index (κ1) is 23.3. The van der Waals surface area contributed by atoms with Crippen molar-refractivity contribution in [2.75, 3.05) is 18.9 Å². The molecule has 2 atom stereocenters. The summed E-state index contributed by atoms with van der Waals surface area (Å²) in [5.74, 6) is 0.545. The Morgan fingerprint density at radius 3 is 2.20 bits per heavy atom. The molecule has 1 fully saturated rings. The molecule has 11 heteroatoms. The summed E-state index contributed by atoms with van der Waals surface area (Å²) in [5.41, 5.74) is 4.87. The van der Waals surface area contributed by atoms with E-state index in [4.69, 9.17) is 20.5 Å². The molecule has 3 rings (SSSR count). The number of nitrogens with one attached hydrogen (secondary N) is 1. The number of hydrogen-bond acceptors (Lipinski definition) is 5. The summed E-state index contributed by atoms with van der Waals surface area (Å²) in [7, 11) is 0. The van der Waals surface area contributed by atoms with Gasteiger partial charge in [-0.25, -0.2) is 0 Å². The second-order valence-corrected chi connectivity index (χ2v) is 6.12. The van der Waals surface area contributed by atoms with Crippen molar-refractivity contribution in [3.63, 3.8) is 0 Å². The number of nitriles is 1. The first-order valence-electron chi connectivity index (χ1n) is 8.51. The number of nitrogens with two attached hydrogens (primary N) is 1. The molecular formula is C19H17F6N3O2. The van der Waals surface area contributed by atoms with Crippen LogP contribution < -0.4 is 15.8 Å². The highest BCUT2D eigenvalue weighted by Crippen LogP contribution is 2.31. The Bertz CT molecular complexity index is 862. The smallest absolute Gasteiger partial charge is 0.428 e. The molecule has 2 aromatic carbocycles. The number of rotatable bonds is 3. The minimum atomic E-state index is -4.44. The van der Waals surface area contributed by atoms with Crippen LogP contribution in [0.4, 0.5) is 32.0 Å². The maximum absolute atomic E-state index is 12.3. The van der Waals surface area contributed by atoms with E-state index in [9.17, 15) is 26.3 Å². The lowest BCUT2D eigenvalue weighted by atomic mass is 10.1. The van der Waals surface area contributed by atoms with Crippen LogP contribution in [0.25, 0.3) is 0 Å². The molecule has 30 heavy (non-hydrogen) atoms. The van der Waals surface area contributed by atoms with Crippen LogP contribution in [0.2, 0.25) is 0 Å². The summed E-state index contributed by atoms with van der Waals surface area (Å²) in [6, 6.07) is 12.8. The quantitative estimate of drug-likeness (QED) is 0.563. The molecule has 0 amide bonds.